The van der Waals surface area contributed by atoms with Crippen molar-refractivity contribution in [1.82, 2.24) is 24.6 Å². The summed E-state index contributed by atoms with van der Waals surface area (Å²) in [7, 11) is 0. The van der Waals surface area contributed by atoms with Crippen LogP contribution in [-0.4, -0.2) is 56.7 Å². The lowest BCUT2D eigenvalue weighted by Gasteiger charge is -2.34. The molecule has 1 fully saturated rings. The monoisotopic (exact) mass is 328 g/mol. The van der Waals surface area contributed by atoms with Crippen LogP contribution >= 0.6 is 0 Å². The Morgan fingerprint density at radius 2 is 2.00 bits per heavy atom. The third kappa shape index (κ3) is 3.75. The Bertz CT molecular complexity index is 760. The molecule has 1 amide bonds. The molecule has 0 spiro atoms. The van der Waals surface area contributed by atoms with Crippen LogP contribution in [0.5, 0.6) is 0 Å². The van der Waals surface area contributed by atoms with Gasteiger partial charge in [-0.3, -0.25) is 9.69 Å². The zero-order valence-electron chi connectivity index (χ0n) is 13.1. The fraction of sp³-hybridized carbons (Fsp3) is 0.375. The predicted molar refractivity (Wildman–Crippen MR) is 83.0 cm³/mol. The summed E-state index contributed by atoms with van der Waals surface area (Å²) in [5.74, 6) is -0.206. The van der Waals surface area contributed by atoms with Gasteiger partial charge < -0.3 is 4.90 Å². The van der Waals surface area contributed by atoms with E-state index in [1.165, 1.54) is 17.1 Å². The molecule has 24 heavy (non-hydrogen) atoms. The summed E-state index contributed by atoms with van der Waals surface area (Å²) in [5, 5.41) is 12.6. The van der Waals surface area contributed by atoms with E-state index in [1.807, 2.05) is 12.1 Å². The second-order valence-corrected chi connectivity index (χ2v) is 5.63. The van der Waals surface area contributed by atoms with Crippen LogP contribution < -0.4 is 0 Å². The number of aromatic nitrogens is 3. The maximum Gasteiger partial charge on any atom is 0.252 e. The van der Waals surface area contributed by atoms with E-state index in [0.29, 0.717) is 38.3 Å². The van der Waals surface area contributed by atoms with Crippen LogP contribution in [-0.2, 0) is 17.9 Å². The first-order valence-electron chi connectivity index (χ1n) is 7.69. The Labute approximate surface area is 138 Å². The number of carbonyl (C=O) groups is 1. The second kappa shape index (κ2) is 7.19. The standard InChI is InChI=1S/C16H17FN6O/c17-14-4-2-1-3-13(14)10-21-5-7-22(8-6-21)16(24)11-23-12-19-15(9-18)20-23/h1-4,12H,5-8,10-11H2. The number of piperazine rings is 1. The lowest BCUT2D eigenvalue weighted by Crippen LogP contribution is -2.49. The van der Waals surface area contributed by atoms with Crippen molar-refractivity contribution in [1.29, 1.82) is 5.26 Å². The summed E-state index contributed by atoms with van der Waals surface area (Å²) < 4.78 is 15.1. The van der Waals surface area contributed by atoms with Crippen LogP contribution in [0.4, 0.5) is 4.39 Å². The highest BCUT2D eigenvalue weighted by Gasteiger charge is 2.22. The van der Waals surface area contributed by atoms with Gasteiger partial charge in [-0.1, -0.05) is 18.2 Å². The van der Waals surface area contributed by atoms with Crippen LogP contribution in [0.3, 0.4) is 0 Å². The van der Waals surface area contributed by atoms with Crippen molar-refractivity contribution < 1.29 is 9.18 Å². The molecule has 0 N–H and O–H groups in total. The molecule has 2 aromatic rings. The molecule has 1 aliphatic heterocycles. The van der Waals surface area contributed by atoms with E-state index >= 15 is 0 Å². The van der Waals surface area contributed by atoms with Gasteiger partial charge in [0.05, 0.1) is 0 Å². The Kier molecular flexibility index (Phi) is 4.82. The van der Waals surface area contributed by atoms with E-state index in [0.717, 1.165) is 0 Å². The molecule has 0 saturated carbocycles. The van der Waals surface area contributed by atoms with Crippen LogP contribution in [0, 0.1) is 17.1 Å². The van der Waals surface area contributed by atoms with Gasteiger partial charge in [-0.2, -0.15) is 5.26 Å². The number of nitriles is 1. The fourth-order valence-electron chi connectivity index (χ4n) is 2.68. The number of hydrogen-bond acceptors (Lipinski definition) is 5. The molecule has 8 heteroatoms. The molecular weight excluding hydrogens is 311 g/mol. The van der Waals surface area contributed by atoms with Crippen LogP contribution in [0.1, 0.15) is 11.4 Å². The van der Waals surface area contributed by atoms with Gasteiger partial charge in [0.15, 0.2) is 0 Å². The van der Waals surface area contributed by atoms with Crippen molar-refractivity contribution in [2.24, 2.45) is 0 Å². The molecular formula is C16H17FN6O. The van der Waals surface area contributed by atoms with Gasteiger partial charge in [-0.05, 0) is 6.07 Å². The molecule has 0 aliphatic carbocycles. The Balaban J connectivity index is 1.50. The molecule has 3 rings (SSSR count). The summed E-state index contributed by atoms with van der Waals surface area (Å²) in [5.41, 5.74) is 0.670. The van der Waals surface area contributed by atoms with Crippen molar-refractivity contribution in [3.63, 3.8) is 0 Å². The summed E-state index contributed by atoms with van der Waals surface area (Å²) in [4.78, 5) is 19.9. The normalized spacial score (nSPS) is 15.2. The summed E-state index contributed by atoms with van der Waals surface area (Å²) >= 11 is 0. The van der Waals surface area contributed by atoms with Crippen LogP contribution in [0.2, 0.25) is 0 Å². The van der Waals surface area contributed by atoms with Crippen LogP contribution in [0.15, 0.2) is 30.6 Å². The summed E-state index contributed by atoms with van der Waals surface area (Å²) in [6.07, 6.45) is 1.38. The SMILES string of the molecule is N#Cc1ncn(CC(=O)N2CCN(Cc3ccccc3F)CC2)n1. The van der Waals surface area contributed by atoms with Crippen LogP contribution in [0.25, 0.3) is 0 Å². The lowest BCUT2D eigenvalue weighted by atomic mass is 10.2. The average Bonchev–Trinajstić information content (AvgIpc) is 3.05. The molecule has 0 atom stereocenters. The summed E-state index contributed by atoms with van der Waals surface area (Å²) in [6, 6.07) is 8.57. The Morgan fingerprint density at radius 1 is 1.25 bits per heavy atom. The molecule has 0 radical (unpaired) electrons. The van der Waals surface area contributed by atoms with E-state index in [9.17, 15) is 9.18 Å². The van der Waals surface area contributed by atoms with Crippen molar-refractivity contribution in [3.8, 4) is 6.07 Å². The lowest BCUT2D eigenvalue weighted by molar-refractivity contribution is -0.133. The predicted octanol–water partition coefficient (Wildman–Crippen LogP) is 0.633. The molecule has 1 aromatic heterocycles. The van der Waals surface area contributed by atoms with Gasteiger partial charge in [0.25, 0.3) is 5.82 Å². The number of benzene rings is 1. The number of carbonyl (C=O) groups excluding carboxylic acids is 1. The number of amides is 1. The van der Waals surface area contributed by atoms with Gasteiger partial charge in [0.2, 0.25) is 5.91 Å². The van der Waals surface area contributed by atoms with Gasteiger partial charge in [-0.25, -0.2) is 14.1 Å². The molecule has 0 unspecified atom stereocenters. The number of hydrogen-bond donors (Lipinski definition) is 0. The first kappa shape index (κ1) is 16.1. The molecule has 1 aromatic carbocycles. The second-order valence-electron chi connectivity index (χ2n) is 5.63. The van der Waals surface area contributed by atoms with Crippen molar-refractivity contribution in [3.05, 3.63) is 47.8 Å². The smallest absolute Gasteiger partial charge is 0.252 e. The molecule has 124 valence electrons. The highest BCUT2D eigenvalue weighted by Crippen LogP contribution is 2.12. The maximum atomic E-state index is 13.7. The minimum Gasteiger partial charge on any atom is -0.339 e. The van der Waals surface area contributed by atoms with E-state index in [-0.39, 0.29) is 24.1 Å². The number of rotatable bonds is 4. The number of nitrogens with zero attached hydrogens (tertiary/aromatic N) is 6. The Morgan fingerprint density at radius 3 is 2.67 bits per heavy atom. The zero-order valence-corrected chi connectivity index (χ0v) is 13.1. The minimum absolute atomic E-state index is 0.0532. The van der Waals surface area contributed by atoms with Gasteiger partial charge in [0, 0.05) is 38.3 Å². The van der Waals surface area contributed by atoms with E-state index < -0.39 is 0 Å². The van der Waals surface area contributed by atoms with E-state index in [1.54, 1.807) is 17.0 Å². The third-order valence-corrected chi connectivity index (χ3v) is 4.01. The minimum atomic E-state index is -0.199. The largest absolute Gasteiger partial charge is 0.339 e. The molecule has 0 bridgehead atoms. The van der Waals surface area contributed by atoms with Gasteiger partial charge >= 0.3 is 0 Å². The van der Waals surface area contributed by atoms with Gasteiger partial charge in [-0.15, -0.1) is 5.10 Å². The Hall–Kier alpha value is -2.79. The highest BCUT2D eigenvalue weighted by molar-refractivity contribution is 5.76. The highest BCUT2D eigenvalue weighted by atomic mass is 19.1. The third-order valence-electron chi connectivity index (χ3n) is 4.01. The van der Waals surface area contributed by atoms with Crippen molar-refractivity contribution >= 4 is 5.91 Å². The van der Waals surface area contributed by atoms with Crippen molar-refractivity contribution in [2.75, 3.05) is 26.2 Å². The topological polar surface area (TPSA) is 78.0 Å². The number of halogens is 1. The average molecular weight is 328 g/mol. The zero-order chi connectivity index (χ0) is 16.9. The molecule has 1 saturated heterocycles. The van der Waals surface area contributed by atoms with Gasteiger partial charge in [0.1, 0.15) is 24.8 Å². The fourth-order valence-corrected chi connectivity index (χ4v) is 2.68. The molecule has 2 heterocycles. The molecule has 1 aliphatic rings. The first-order chi connectivity index (χ1) is 11.7. The quantitative estimate of drug-likeness (QED) is 0.823. The van der Waals surface area contributed by atoms with E-state index in [2.05, 4.69) is 15.0 Å². The maximum absolute atomic E-state index is 13.7. The van der Waals surface area contributed by atoms with Crippen molar-refractivity contribution in [2.45, 2.75) is 13.1 Å². The first-order valence-corrected chi connectivity index (χ1v) is 7.69. The summed E-state index contributed by atoms with van der Waals surface area (Å²) in [6.45, 7) is 3.19. The van der Waals surface area contributed by atoms with E-state index in [4.69, 9.17) is 5.26 Å². The molecule has 7 nitrogen and oxygen atoms in total.